The number of hydrogen-bond acceptors (Lipinski definition) is 3. The minimum Gasteiger partial charge on any atom is -0.370 e. The number of nitrogens with zero attached hydrogens (tertiary/aromatic N) is 1. The van der Waals surface area contributed by atoms with Crippen molar-refractivity contribution in [3.05, 3.63) is 0 Å². The molecule has 82 valence electrons. The van der Waals surface area contributed by atoms with Crippen molar-refractivity contribution in [3.63, 3.8) is 0 Å². The first-order valence-electron chi connectivity index (χ1n) is 5.36. The molecule has 3 N–H and O–H groups in total. The molecule has 1 fully saturated rings. The van der Waals surface area contributed by atoms with Crippen LogP contribution in [-0.2, 0) is 4.79 Å². The van der Waals surface area contributed by atoms with E-state index in [1.54, 1.807) is 0 Å². The van der Waals surface area contributed by atoms with Crippen molar-refractivity contribution in [3.8, 4) is 0 Å². The first-order valence-corrected chi connectivity index (χ1v) is 5.36. The van der Waals surface area contributed by atoms with Gasteiger partial charge in [0.1, 0.15) is 0 Å². The first kappa shape index (κ1) is 11.5. The minimum atomic E-state index is -0.224. The molecular formula is C10H21N3O. The molecule has 0 spiro atoms. The fraction of sp³-hybridized carbons (Fsp3) is 0.900. The molecule has 1 unspecified atom stereocenters. The standard InChI is InChI=1S/C10H21N3O/c1-13-6-2-3-9(8-13)7-12-5-4-10(11)14/h9,12H,2-8H2,1H3,(H2,11,14). The van der Waals surface area contributed by atoms with E-state index < -0.39 is 0 Å². The van der Waals surface area contributed by atoms with Crippen molar-refractivity contribution in [2.24, 2.45) is 11.7 Å². The van der Waals surface area contributed by atoms with E-state index in [0.717, 1.165) is 19.0 Å². The zero-order valence-corrected chi connectivity index (χ0v) is 8.96. The van der Waals surface area contributed by atoms with Gasteiger partial charge in [0.05, 0.1) is 0 Å². The summed E-state index contributed by atoms with van der Waals surface area (Å²) in [5.74, 6) is 0.514. The Kier molecular flexibility index (Phi) is 4.90. The molecule has 4 heteroatoms. The predicted molar refractivity (Wildman–Crippen MR) is 56.9 cm³/mol. The topological polar surface area (TPSA) is 58.4 Å². The van der Waals surface area contributed by atoms with Gasteiger partial charge < -0.3 is 16.0 Å². The van der Waals surface area contributed by atoms with Gasteiger partial charge in [-0.05, 0) is 38.9 Å². The molecule has 0 aromatic heterocycles. The fourth-order valence-corrected chi connectivity index (χ4v) is 1.96. The third kappa shape index (κ3) is 4.58. The lowest BCUT2D eigenvalue weighted by molar-refractivity contribution is -0.117. The lowest BCUT2D eigenvalue weighted by atomic mass is 9.98. The Balaban J connectivity index is 2.03. The average molecular weight is 199 g/mol. The summed E-state index contributed by atoms with van der Waals surface area (Å²) in [5.41, 5.74) is 5.05. The van der Waals surface area contributed by atoms with Crippen LogP contribution in [0.1, 0.15) is 19.3 Å². The molecule has 1 saturated heterocycles. The number of primary amides is 1. The van der Waals surface area contributed by atoms with Crippen LogP contribution in [0.5, 0.6) is 0 Å². The van der Waals surface area contributed by atoms with Crippen LogP contribution < -0.4 is 11.1 Å². The second-order valence-electron chi connectivity index (χ2n) is 4.19. The van der Waals surface area contributed by atoms with Crippen LogP contribution in [-0.4, -0.2) is 44.0 Å². The number of nitrogens with two attached hydrogens (primary N) is 1. The molecule has 1 atom stereocenters. The number of nitrogens with one attached hydrogen (secondary N) is 1. The highest BCUT2D eigenvalue weighted by Gasteiger charge is 2.16. The average Bonchev–Trinajstić information content (AvgIpc) is 2.12. The molecule has 1 heterocycles. The molecule has 1 aliphatic heterocycles. The maximum Gasteiger partial charge on any atom is 0.218 e. The number of carbonyl (C=O) groups excluding carboxylic acids is 1. The van der Waals surface area contributed by atoms with Crippen LogP contribution in [0, 0.1) is 5.92 Å². The molecule has 1 aliphatic rings. The van der Waals surface area contributed by atoms with E-state index in [-0.39, 0.29) is 5.91 Å². The van der Waals surface area contributed by atoms with Gasteiger partial charge in [0.15, 0.2) is 0 Å². The fourth-order valence-electron chi connectivity index (χ4n) is 1.96. The highest BCUT2D eigenvalue weighted by atomic mass is 16.1. The largest absolute Gasteiger partial charge is 0.370 e. The SMILES string of the molecule is CN1CCCC(CNCCC(N)=O)C1. The Bertz CT molecular complexity index is 184. The lowest BCUT2D eigenvalue weighted by Crippen LogP contribution is -2.38. The molecule has 0 aromatic carbocycles. The molecular weight excluding hydrogens is 178 g/mol. The molecule has 0 bridgehead atoms. The maximum atomic E-state index is 10.5. The summed E-state index contributed by atoms with van der Waals surface area (Å²) in [5, 5.41) is 3.28. The summed E-state index contributed by atoms with van der Waals surface area (Å²) in [6.45, 7) is 4.12. The second kappa shape index (κ2) is 5.98. The van der Waals surface area contributed by atoms with E-state index in [1.165, 1.54) is 25.9 Å². The van der Waals surface area contributed by atoms with E-state index in [2.05, 4.69) is 17.3 Å². The molecule has 1 amide bonds. The molecule has 14 heavy (non-hydrogen) atoms. The number of piperidine rings is 1. The van der Waals surface area contributed by atoms with E-state index >= 15 is 0 Å². The summed E-state index contributed by atoms with van der Waals surface area (Å²) in [6, 6.07) is 0. The van der Waals surface area contributed by atoms with Crippen LogP contribution in [0.25, 0.3) is 0 Å². The van der Waals surface area contributed by atoms with E-state index in [9.17, 15) is 4.79 Å². The summed E-state index contributed by atoms with van der Waals surface area (Å²) in [4.78, 5) is 12.8. The van der Waals surface area contributed by atoms with Crippen LogP contribution in [0.4, 0.5) is 0 Å². The predicted octanol–water partition coefficient (Wildman–Crippen LogP) is -0.207. The number of hydrogen-bond donors (Lipinski definition) is 2. The maximum absolute atomic E-state index is 10.5. The first-order chi connectivity index (χ1) is 6.68. The van der Waals surface area contributed by atoms with Crippen molar-refractivity contribution < 1.29 is 4.79 Å². The summed E-state index contributed by atoms with van der Waals surface area (Å²) in [6.07, 6.45) is 3.04. The number of amides is 1. The van der Waals surface area contributed by atoms with Gasteiger partial charge >= 0.3 is 0 Å². The smallest absolute Gasteiger partial charge is 0.218 e. The normalized spacial score (nSPS) is 23.6. The van der Waals surface area contributed by atoms with E-state index in [0.29, 0.717) is 6.42 Å². The Morgan fingerprint density at radius 1 is 1.64 bits per heavy atom. The van der Waals surface area contributed by atoms with Gasteiger partial charge in [0.25, 0.3) is 0 Å². The van der Waals surface area contributed by atoms with Gasteiger partial charge in [0, 0.05) is 19.5 Å². The van der Waals surface area contributed by atoms with E-state index in [1.807, 2.05) is 0 Å². The second-order valence-corrected chi connectivity index (χ2v) is 4.19. The van der Waals surface area contributed by atoms with Gasteiger partial charge in [-0.25, -0.2) is 0 Å². The minimum absolute atomic E-state index is 0.224. The monoisotopic (exact) mass is 199 g/mol. The van der Waals surface area contributed by atoms with Crippen molar-refractivity contribution in [2.75, 3.05) is 33.2 Å². The van der Waals surface area contributed by atoms with Crippen LogP contribution in [0.3, 0.4) is 0 Å². The van der Waals surface area contributed by atoms with Gasteiger partial charge in [-0.2, -0.15) is 0 Å². The van der Waals surface area contributed by atoms with Crippen molar-refractivity contribution in [2.45, 2.75) is 19.3 Å². The molecule has 0 aliphatic carbocycles. The Morgan fingerprint density at radius 3 is 3.07 bits per heavy atom. The number of rotatable bonds is 5. The Morgan fingerprint density at radius 2 is 2.43 bits per heavy atom. The Hall–Kier alpha value is -0.610. The van der Waals surface area contributed by atoms with Gasteiger partial charge in [-0.1, -0.05) is 0 Å². The van der Waals surface area contributed by atoms with Gasteiger partial charge in [-0.15, -0.1) is 0 Å². The van der Waals surface area contributed by atoms with Crippen molar-refractivity contribution in [1.29, 1.82) is 0 Å². The van der Waals surface area contributed by atoms with Gasteiger partial charge in [0.2, 0.25) is 5.91 Å². The Labute approximate surface area is 85.8 Å². The molecule has 4 nitrogen and oxygen atoms in total. The third-order valence-electron chi connectivity index (χ3n) is 2.70. The zero-order valence-electron chi connectivity index (χ0n) is 8.96. The molecule has 0 aromatic rings. The summed E-state index contributed by atoms with van der Waals surface area (Å²) < 4.78 is 0. The van der Waals surface area contributed by atoms with Gasteiger partial charge in [-0.3, -0.25) is 4.79 Å². The third-order valence-corrected chi connectivity index (χ3v) is 2.70. The van der Waals surface area contributed by atoms with Crippen LogP contribution in [0.2, 0.25) is 0 Å². The highest BCUT2D eigenvalue weighted by molar-refractivity contribution is 5.73. The summed E-state index contributed by atoms with van der Waals surface area (Å²) in [7, 11) is 2.16. The van der Waals surface area contributed by atoms with E-state index in [4.69, 9.17) is 5.73 Å². The number of likely N-dealkylation sites (tertiary alicyclic amines) is 1. The van der Waals surface area contributed by atoms with Crippen LogP contribution >= 0.6 is 0 Å². The van der Waals surface area contributed by atoms with Crippen molar-refractivity contribution >= 4 is 5.91 Å². The quantitative estimate of drug-likeness (QED) is 0.603. The van der Waals surface area contributed by atoms with Crippen molar-refractivity contribution in [1.82, 2.24) is 10.2 Å². The van der Waals surface area contributed by atoms with Crippen LogP contribution in [0.15, 0.2) is 0 Å². The zero-order chi connectivity index (χ0) is 10.4. The summed E-state index contributed by atoms with van der Waals surface area (Å²) >= 11 is 0. The molecule has 1 rings (SSSR count). The molecule has 0 radical (unpaired) electrons. The molecule has 0 saturated carbocycles. The lowest BCUT2D eigenvalue weighted by Gasteiger charge is -2.29. The number of carbonyl (C=O) groups is 1. The highest BCUT2D eigenvalue weighted by Crippen LogP contribution is 2.13.